The van der Waals surface area contributed by atoms with Crippen LogP contribution < -0.4 is 5.53 Å². The molecule has 0 fully saturated rings. The second kappa shape index (κ2) is 5.16. The molecule has 0 amide bonds. The van der Waals surface area contributed by atoms with Gasteiger partial charge < -0.3 is 5.11 Å². The number of aliphatic hydroxyl groups is 1. The van der Waals surface area contributed by atoms with Gasteiger partial charge in [-0.15, -0.1) is 5.53 Å². The Bertz CT molecular complexity index is 487. The van der Waals surface area contributed by atoms with Crippen LogP contribution >= 0.6 is 0 Å². The molecule has 2 rings (SSSR count). The van der Waals surface area contributed by atoms with Crippen molar-refractivity contribution in [1.29, 1.82) is 0 Å². The fraction of sp³-hybridized carbons (Fsp3) is 0.333. The largest absolute Gasteiger partial charge is 0.390 e. The highest BCUT2D eigenvalue weighted by Gasteiger charge is 2.17. The molecule has 1 aliphatic heterocycles. The second-order valence-corrected chi connectivity index (χ2v) is 4.23. The van der Waals surface area contributed by atoms with Crippen molar-refractivity contribution in [1.82, 2.24) is 15.6 Å². The van der Waals surface area contributed by atoms with E-state index in [0.717, 1.165) is 16.0 Å². The smallest absolute Gasteiger partial charge is 0.255 e. The summed E-state index contributed by atoms with van der Waals surface area (Å²) in [6.45, 7) is 0.610. The lowest BCUT2D eigenvalue weighted by Crippen LogP contribution is -2.37. The van der Waals surface area contributed by atoms with E-state index in [0.29, 0.717) is 12.2 Å². The number of hydrazine groups is 2. The topological polar surface area (TPSA) is 58.8 Å². The van der Waals surface area contributed by atoms with E-state index in [1.807, 2.05) is 36.5 Å². The van der Waals surface area contributed by atoms with Gasteiger partial charge >= 0.3 is 0 Å². The summed E-state index contributed by atoms with van der Waals surface area (Å²) in [6.07, 6.45) is 1.84. The normalized spacial score (nSPS) is 14.9. The average molecular weight is 249 g/mol. The fourth-order valence-corrected chi connectivity index (χ4v) is 1.83. The van der Waals surface area contributed by atoms with Crippen LogP contribution in [-0.2, 0) is 6.54 Å². The van der Waals surface area contributed by atoms with Crippen molar-refractivity contribution >= 4 is 5.69 Å². The van der Waals surface area contributed by atoms with Crippen LogP contribution in [0.25, 0.3) is 0 Å². The Labute approximate surface area is 106 Å². The molecule has 0 radical (unpaired) electrons. The van der Waals surface area contributed by atoms with Crippen LogP contribution in [-0.4, -0.2) is 40.6 Å². The van der Waals surface area contributed by atoms with Crippen LogP contribution in [0, 0.1) is 4.91 Å². The Morgan fingerprint density at radius 2 is 2.22 bits per heavy atom. The predicted octanol–water partition coefficient (Wildman–Crippen LogP) is 0.727. The molecule has 18 heavy (non-hydrogen) atoms. The first-order valence-electron chi connectivity index (χ1n) is 5.68. The molecule has 1 aromatic rings. The van der Waals surface area contributed by atoms with E-state index in [4.69, 9.17) is 5.11 Å². The number of aliphatic hydroxyl groups excluding tert-OH is 1. The number of nitrogens with one attached hydrogen (secondary N) is 1. The highest BCUT2D eigenvalue weighted by molar-refractivity contribution is 5.34. The van der Waals surface area contributed by atoms with Crippen molar-refractivity contribution in [3.63, 3.8) is 0 Å². The fourth-order valence-electron chi connectivity index (χ4n) is 1.83. The molecule has 0 unspecified atom stereocenters. The van der Waals surface area contributed by atoms with Crippen LogP contribution in [0.4, 0.5) is 5.69 Å². The van der Waals surface area contributed by atoms with Gasteiger partial charge in [-0.05, 0) is 5.56 Å². The first kappa shape index (κ1) is 12.5. The minimum absolute atomic E-state index is 0.0106. The van der Waals surface area contributed by atoms with Gasteiger partial charge in [0.2, 0.25) is 0 Å². The van der Waals surface area contributed by atoms with Crippen molar-refractivity contribution < 1.29 is 9.87 Å². The highest BCUT2D eigenvalue weighted by atomic mass is 16.3. The summed E-state index contributed by atoms with van der Waals surface area (Å²) in [5.41, 5.74) is 5.52. The quantitative estimate of drug-likeness (QED) is 0.770. The maximum atomic E-state index is 11.2. The SMILES string of the molecule is CN1NN(Cc2cccc([N+](C)=O)c2)C=C1CO. The number of likely N-dealkylation sites (N-methyl/N-ethyl adjacent to an activating group) is 1. The van der Waals surface area contributed by atoms with Crippen molar-refractivity contribution in [2.24, 2.45) is 0 Å². The van der Waals surface area contributed by atoms with Gasteiger partial charge in [0.15, 0.2) is 7.05 Å². The Kier molecular flexibility index (Phi) is 3.59. The molecule has 0 saturated carbocycles. The molecular formula is C12H17N4O2+. The average Bonchev–Trinajstić information content (AvgIpc) is 2.69. The Morgan fingerprint density at radius 3 is 2.83 bits per heavy atom. The van der Waals surface area contributed by atoms with E-state index < -0.39 is 0 Å². The van der Waals surface area contributed by atoms with E-state index in [9.17, 15) is 4.91 Å². The second-order valence-electron chi connectivity index (χ2n) is 4.23. The Hall–Kier alpha value is -1.92. The zero-order valence-corrected chi connectivity index (χ0v) is 10.5. The molecule has 6 heteroatoms. The third kappa shape index (κ3) is 2.66. The highest BCUT2D eigenvalue weighted by Crippen LogP contribution is 2.16. The Balaban J connectivity index is 2.09. The summed E-state index contributed by atoms with van der Waals surface area (Å²) in [5, 5.41) is 12.7. The number of benzene rings is 1. The summed E-state index contributed by atoms with van der Waals surface area (Å²) in [7, 11) is 3.31. The number of nitrogens with zero attached hydrogens (tertiary/aromatic N) is 3. The standard InChI is InChI=1S/C12H17N4O2/c1-14-12(9-17)8-16(13-14)7-10-4-3-5-11(6-10)15(2)18/h3-6,8,13,17H,7,9H2,1-2H3/q+1. The molecule has 0 saturated heterocycles. The molecule has 6 nitrogen and oxygen atoms in total. The lowest BCUT2D eigenvalue weighted by Gasteiger charge is -2.20. The van der Waals surface area contributed by atoms with Crippen LogP contribution in [0.5, 0.6) is 0 Å². The molecule has 1 aliphatic rings. The third-order valence-electron chi connectivity index (χ3n) is 2.80. The van der Waals surface area contributed by atoms with Gasteiger partial charge in [-0.3, -0.25) is 10.0 Å². The zero-order valence-electron chi connectivity index (χ0n) is 10.5. The van der Waals surface area contributed by atoms with Gasteiger partial charge in [0, 0.05) is 35.0 Å². The first-order valence-corrected chi connectivity index (χ1v) is 5.68. The summed E-state index contributed by atoms with van der Waals surface area (Å²) < 4.78 is 0.835. The van der Waals surface area contributed by atoms with Gasteiger partial charge in [-0.1, -0.05) is 12.1 Å². The number of rotatable bonds is 4. The molecule has 96 valence electrons. The molecule has 2 N–H and O–H groups in total. The monoisotopic (exact) mass is 249 g/mol. The number of hydrogen-bond acceptors (Lipinski definition) is 5. The maximum Gasteiger partial charge on any atom is 0.255 e. The van der Waals surface area contributed by atoms with Crippen molar-refractivity contribution in [2.45, 2.75) is 6.54 Å². The summed E-state index contributed by atoms with van der Waals surface area (Å²) in [4.78, 5) is 11.2. The van der Waals surface area contributed by atoms with E-state index in [1.165, 1.54) is 7.05 Å². The van der Waals surface area contributed by atoms with E-state index in [1.54, 1.807) is 11.1 Å². The van der Waals surface area contributed by atoms with Crippen molar-refractivity contribution in [3.8, 4) is 0 Å². The number of hydrogen-bond donors (Lipinski definition) is 2. The van der Waals surface area contributed by atoms with Gasteiger partial charge in [0.25, 0.3) is 5.69 Å². The summed E-state index contributed by atoms with van der Waals surface area (Å²) >= 11 is 0. The van der Waals surface area contributed by atoms with Crippen LogP contribution in [0.1, 0.15) is 5.56 Å². The Morgan fingerprint density at radius 1 is 1.44 bits per heavy atom. The molecule has 0 spiro atoms. The van der Waals surface area contributed by atoms with Crippen molar-refractivity contribution in [3.05, 3.63) is 46.6 Å². The molecule has 0 aromatic heterocycles. The first-order chi connectivity index (χ1) is 8.60. The van der Waals surface area contributed by atoms with Crippen LogP contribution in [0.3, 0.4) is 0 Å². The van der Waals surface area contributed by atoms with E-state index >= 15 is 0 Å². The third-order valence-corrected chi connectivity index (χ3v) is 2.80. The van der Waals surface area contributed by atoms with Gasteiger partial charge in [-0.2, -0.15) is 0 Å². The summed E-state index contributed by atoms with van der Waals surface area (Å²) in [6, 6.07) is 7.43. The molecule has 1 heterocycles. The zero-order chi connectivity index (χ0) is 13.1. The van der Waals surface area contributed by atoms with Gasteiger partial charge in [0.1, 0.15) is 0 Å². The minimum Gasteiger partial charge on any atom is -0.390 e. The lowest BCUT2D eigenvalue weighted by atomic mass is 10.2. The molecular weight excluding hydrogens is 232 g/mol. The number of nitroso groups, excluding NO2 is 1. The van der Waals surface area contributed by atoms with Gasteiger partial charge in [0.05, 0.1) is 18.8 Å². The molecule has 1 aromatic carbocycles. The lowest BCUT2D eigenvalue weighted by molar-refractivity contribution is -0.428. The van der Waals surface area contributed by atoms with Crippen LogP contribution in [0.2, 0.25) is 0 Å². The minimum atomic E-state index is -0.0106. The summed E-state index contributed by atoms with van der Waals surface area (Å²) in [5.74, 6) is 0. The predicted molar refractivity (Wildman–Crippen MR) is 67.3 cm³/mol. The van der Waals surface area contributed by atoms with Gasteiger partial charge in [-0.25, -0.2) is 0 Å². The van der Waals surface area contributed by atoms with Crippen LogP contribution in [0.15, 0.2) is 36.2 Å². The maximum absolute atomic E-state index is 11.2. The molecule has 0 aliphatic carbocycles. The van der Waals surface area contributed by atoms with Crippen molar-refractivity contribution in [2.75, 3.05) is 20.7 Å². The van der Waals surface area contributed by atoms with E-state index in [-0.39, 0.29) is 6.61 Å². The van der Waals surface area contributed by atoms with E-state index in [2.05, 4.69) is 5.53 Å². The molecule has 0 bridgehead atoms. The molecule has 0 atom stereocenters.